The third-order valence-corrected chi connectivity index (χ3v) is 3.37. The van der Waals surface area contributed by atoms with Crippen LogP contribution in [0.5, 0.6) is 0 Å². The molecule has 4 nitrogen and oxygen atoms in total. The van der Waals surface area contributed by atoms with E-state index in [4.69, 9.17) is 0 Å². The Balaban J connectivity index is 2.13. The highest BCUT2D eigenvalue weighted by molar-refractivity contribution is 7.84. The van der Waals surface area contributed by atoms with E-state index >= 15 is 0 Å². The first-order valence-electron chi connectivity index (χ1n) is 5.42. The molecule has 1 N–H and O–H groups in total. The molecule has 0 fully saturated rings. The maximum atomic E-state index is 12.9. The summed E-state index contributed by atoms with van der Waals surface area (Å²) >= 11 is 0. The Labute approximate surface area is 112 Å². The minimum atomic E-state index is -1.06. The third-order valence-electron chi connectivity index (χ3n) is 2.43. The molecule has 0 spiro atoms. The van der Waals surface area contributed by atoms with E-state index in [0.29, 0.717) is 10.6 Å². The van der Waals surface area contributed by atoms with Gasteiger partial charge in [0.1, 0.15) is 0 Å². The molecule has 0 unspecified atom stereocenters. The SMILES string of the molecule is C[S@@](=O)c1ccc(NC(=O)c2ccnc(F)c2)cc1. The van der Waals surface area contributed by atoms with E-state index in [0.717, 1.165) is 6.07 Å². The molecule has 2 rings (SSSR count). The highest BCUT2D eigenvalue weighted by atomic mass is 32.2. The summed E-state index contributed by atoms with van der Waals surface area (Å²) < 4.78 is 24.1. The molecule has 0 saturated carbocycles. The van der Waals surface area contributed by atoms with Gasteiger partial charge in [-0.05, 0) is 30.3 Å². The number of nitrogens with zero attached hydrogens (tertiary/aromatic N) is 1. The normalized spacial score (nSPS) is 11.9. The van der Waals surface area contributed by atoms with Gasteiger partial charge in [0.2, 0.25) is 5.95 Å². The second-order valence-electron chi connectivity index (χ2n) is 3.80. The maximum Gasteiger partial charge on any atom is 0.255 e. The molecule has 0 radical (unpaired) electrons. The first-order valence-corrected chi connectivity index (χ1v) is 6.98. The van der Waals surface area contributed by atoms with Crippen LogP contribution in [0.2, 0.25) is 0 Å². The van der Waals surface area contributed by atoms with E-state index in [9.17, 15) is 13.4 Å². The van der Waals surface area contributed by atoms with Crippen LogP contribution >= 0.6 is 0 Å². The van der Waals surface area contributed by atoms with Crippen molar-refractivity contribution in [1.29, 1.82) is 0 Å². The molecule has 0 bridgehead atoms. The van der Waals surface area contributed by atoms with E-state index in [-0.39, 0.29) is 5.56 Å². The highest BCUT2D eigenvalue weighted by Crippen LogP contribution is 2.13. The summed E-state index contributed by atoms with van der Waals surface area (Å²) in [6, 6.07) is 9.11. The molecule has 1 atom stereocenters. The fourth-order valence-corrected chi connectivity index (χ4v) is 2.00. The summed E-state index contributed by atoms with van der Waals surface area (Å²) in [4.78, 5) is 15.9. The smallest absolute Gasteiger partial charge is 0.255 e. The van der Waals surface area contributed by atoms with Crippen LogP contribution in [0.4, 0.5) is 10.1 Å². The summed E-state index contributed by atoms with van der Waals surface area (Å²) in [5, 5.41) is 2.62. The quantitative estimate of drug-likeness (QED) is 0.876. The number of benzene rings is 1. The molecular weight excluding hydrogens is 267 g/mol. The van der Waals surface area contributed by atoms with Crippen LogP contribution in [0.15, 0.2) is 47.5 Å². The molecule has 1 amide bonds. The number of amides is 1. The van der Waals surface area contributed by atoms with Gasteiger partial charge in [0, 0.05) is 45.5 Å². The Bertz CT molecular complexity index is 629. The van der Waals surface area contributed by atoms with Crippen molar-refractivity contribution < 1.29 is 13.4 Å². The molecule has 0 aliphatic carbocycles. The van der Waals surface area contributed by atoms with Crippen molar-refractivity contribution >= 4 is 22.4 Å². The van der Waals surface area contributed by atoms with Crippen molar-refractivity contribution in [1.82, 2.24) is 4.98 Å². The summed E-state index contributed by atoms with van der Waals surface area (Å²) in [6.07, 6.45) is 2.81. The van der Waals surface area contributed by atoms with Gasteiger partial charge in [0.05, 0.1) is 0 Å². The molecule has 0 aliphatic rings. The number of hydrogen-bond donors (Lipinski definition) is 1. The lowest BCUT2D eigenvalue weighted by Crippen LogP contribution is -2.12. The van der Waals surface area contributed by atoms with Gasteiger partial charge in [0.25, 0.3) is 5.91 Å². The first-order chi connectivity index (χ1) is 9.06. The Morgan fingerprint density at radius 2 is 1.95 bits per heavy atom. The Hall–Kier alpha value is -2.08. The molecule has 98 valence electrons. The van der Waals surface area contributed by atoms with Gasteiger partial charge in [-0.15, -0.1) is 0 Å². The number of anilines is 1. The number of pyridine rings is 1. The number of carbonyl (C=O) groups excluding carboxylic acids is 1. The van der Waals surface area contributed by atoms with Crippen molar-refractivity contribution in [2.24, 2.45) is 0 Å². The zero-order valence-electron chi connectivity index (χ0n) is 10.1. The van der Waals surface area contributed by atoms with Crippen molar-refractivity contribution in [3.63, 3.8) is 0 Å². The maximum absolute atomic E-state index is 12.9. The lowest BCUT2D eigenvalue weighted by Gasteiger charge is -2.05. The van der Waals surface area contributed by atoms with Crippen LogP contribution in [-0.4, -0.2) is 21.4 Å². The monoisotopic (exact) mass is 278 g/mol. The van der Waals surface area contributed by atoms with Gasteiger partial charge < -0.3 is 5.32 Å². The number of halogens is 1. The van der Waals surface area contributed by atoms with Crippen LogP contribution in [0.1, 0.15) is 10.4 Å². The summed E-state index contributed by atoms with van der Waals surface area (Å²) in [5.74, 6) is -1.13. The van der Waals surface area contributed by atoms with E-state index in [1.54, 1.807) is 30.5 Å². The highest BCUT2D eigenvalue weighted by Gasteiger charge is 2.07. The topological polar surface area (TPSA) is 59.1 Å². The van der Waals surface area contributed by atoms with Crippen LogP contribution in [-0.2, 0) is 10.8 Å². The minimum absolute atomic E-state index is 0.190. The fraction of sp³-hybridized carbons (Fsp3) is 0.0769. The van der Waals surface area contributed by atoms with E-state index in [2.05, 4.69) is 10.3 Å². The fourth-order valence-electron chi connectivity index (χ4n) is 1.48. The molecule has 2 aromatic rings. The zero-order chi connectivity index (χ0) is 13.8. The van der Waals surface area contributed by atoms with Crippen LogP contribution < -0.4 is 5.32 Å². The Morgan fingerprint density at radius 3 is 2.53 bits per heavy atom. The molecular formula is C13H11FN2O2S. The molecule has 0 aliphatic heterocycles. The van der Waals surface area contributed by atoms with Crippen molar-refractivity contribution in [3.8, 4) is 0 Å². The van der Waals surface area contributed by atoms with Gasteiger partial charge in [-0.2, -0.15) is 4.39 Å². The molecule has 6 heteroatoms. The summed E-state index contributed by atoms with van der Waals surface area (Å²) in [5.41, 5.74) is 0.743. The summed E-state index contributed by atoms with van der Waals surface area (Å²) in [6.45, 7) is 0. The lowest BCUT2D eigenvalue weighted by molar-refractivity contribution is 0.102. The van der Waals surface area contributed by atoms with Crippen LogP contribution in [0.25, 0.3) is 0 Å². The van der Waals surface area contributed by atoms with Crippen molar-refractivity contribution in [2.45, 2.75) is 4.90 Å². The first kappa shape index (κ1) is 13.4. The molecule has 1 aromatic carbocycles. The standard InChI is InChI=1S/C13H11FN2O2S/c1-19(18)11-4-2-10(3-5-11)16-13(17)9-6-7-15-12(14)8-9/h2-8H,1H3,(H,16,17)/t19-/m1/s1. The second kappa shape index (κ2) is 5.71. The van der Waals surface area contributed by atoms with Gasteiger partial charge in [-0.3, -0.25) is 9.00 Å². The van der Waals surface area contributed by atoms with E-state index < -0.39 is 22.7 Å². The molecule has 1 aromatic heterocycles. The van der Waals surface area contributed by atoms with Gasteiger partial charge >= 0.3 is 0 Å². The van der Waals surface area contributed by atoms with E-state index in [1.165, 1.54) is 12.3 Å². The number of aromatic nitrogens is 1. The number of hydrogen-bond acceptors (Lipinski definition) is 3. The molecule has 19 heavy (non-hydrogen) atoms. The van der Waals surface area contributed by atoms with Crippen LogP contribution in [0, 0.1) is 5.95 Å². The zero-order valence-corrected chi connectivity index (χ0v) is 10.9. The van der Waals surface area contributed by atoms with Crippen molar-refractivity contribution in [3.05, 3.63) is 54.1 Å². The third kappa shape index (κ3) is 3.45. The minimum Gasteiger partial charge on any atom is -0.322 e. The van der Waals surface area contributed by atoms with Gasteiger partial charge in [-0.1, -0.05) is 0 Å². The predicted octanol–water partition coefficient (Wildman–Crippen LogP) is 2.21. The number of nitrogens with one attached hydrogen (secondary N) is 1. The Kier molecular flexibility index (Phi) is 4.01. The van der Waals surface area contributed by atoms with Crippen molar-refractivity contribution in [2.75, 3.05) is 11.6 Å². The lowest BCUT2D eigenvalue weighted by atomic mass is 10.2. The number of carbonyl (C=O) groups is 1. The molecule has 1 heterocycles. The van der Waals surface area contributed by atoms with Gasteiger partial charge in [-0.25, -0.2) is 4.98 Å². The van der Waals surface area contributed by atoms with Gasteiger partial charge in [0.15, 0.2) is 0 Å². The average molecular weight is 278 g/mol. The Morgan fingerprint density at radius 1 is 1.26 bits per heavy atom. The summed E-state index contributed by atoms with van der Waals surface area (Å²) in [7, 11) is -1.06. The number of rotatable bonds is 3. The van der Waals surface area contributed by atoms with E-state index in [1.807, 2.05) is 0 Å². The average Bonchev–Trinajstić information content (AvgIpc) is 2.39. The predicted molar refractivity (Wildman–Crippen MR) is 70.9 cm³/mol. The van der Waals surface area contributed by atoms with Crippen LogP contribution in [0.3, 0.4) is 0 Å². The second-order valence-corrected chi connectivity index (χ2v) is 5.18. The molecule has 0 saturated heterocycles. The largest absolute Gasteiger partial charge is 0.322 e.